The maximum atomic E-state index is 12.9. The zero-order chi connectivity index (χ0) is 27.2. The number of likely N-dealkylation sites (N-methyl/N-ethyl adjacent to an activating group) is 2. The SMILES string of the molecule is Cc1ccc(Oc2ccc(Nc3ncnc4cccc(O[C@H](C)C(=O)N(C)CCN(C)C)c34)cc2C)cn1. The topological polar surface area (TPSA) is 92.7 Å². The van der Waals surface area contributed by atoms with Crippen molar-refractivity contribution >= 4 is 28.3 Å². The van der Waals surface area contributed by atoms with E-state index in [4.69, 9.17) is 9.47 Å². The molecule has 38 heavy (non-hydrogen) atoms. The fraction of sp³-hybridized carbons (Fsp3) is 0.310. The molecule has 0 saturated carbocycles. The number of pyridine rings is 1. The maximum Gasteiger partial charge on any atom is 0.263 e. The average Bonchev–Trinajstić information content (AvgIpc) is 2.89. The second kappa shape index (κ2) is 11.9. The summed E-state index contributed by atoms with van der Waals surface area (Å²) in [5.41, 5.74) is 3.43. The van der Waals surface area contributed by atoms with Crippen LogP contribution in [0, 0.1) is 13.8 Å². The highest BCUT2D eigenvalue weighted by Crippen LogP contribution is 2.34. The summed E-state index contributed by atoms with van der Waals surface area (Å²) in [4.78, 5) is 29.8. The molecule has 4 aromatic rings. The van der Waals surface area contributed by atoms with Crippen LogP contribution in [0.5, 0.6) is 17.2 Å². The first kappa shape index (κ1) is 26.8. The van der Waals surface area contributed by atoms with Gasteiger partial charge in [0.15, 0.2) is 6.10 Å². The fourth-order valence-corrected chi connectivity index (χ4v) is 3.90. The number of benzene rings is 2. The minimum Gasteiger partial charge on any atom is -0.480 e. The Balaban J connectivity index is 1.54. The van der Waals surface area contributed by atoms with E-state index in [0.717, 1.165) is 29.2 Å². The van der Waals surface area contributed by atoms with Gasteiger partial charge in [-0.15, -0.1) is 0 Å². The van der Waals surface area contributed by atoms with E-state index in [1.54, 1.807) is 25.1 Å². The van der Waals surface area contributed by atoms with Gasteiger partial charge in [0.25, 0.3) is 5.91 Å². The minimum atomic E-state index is -0.671. The first-order chi connectivity index (χ1) is 18.2. The molecule has 0 unspecified atom stereocenters. The minimum absolute atomic E-state index is 0.0924. The molecule has 0 spiro atoms. The molecule has 0 aliphatic heterocycles. The fourth-order valence-electron chi connectivity index (χ4n) is 3.90. The Bertz CT molecular complexity index is 1400. The van der Waals surface area contributed by atoms with Crippen molar-refractivity contribution in [3.63, 3.8) is 0 Å². The number of ether oxygens (including phenoxy) is 2. The van der Waals surface area contributed by atoms with Crippen molar-refractivity contribution < 1.29 is 14.3 Å². The van der Waals surface area contributed by atoms with Crippen molar-refractivity contribution in [3.8, 4) is 17.2 Å². The second-order valence-electron chi connectivity index (χ2n) is 9.54. The molecule has 0 aliphatic rings. The summed E-state index contributed by atoms with van der Waals surface area (Å²) in [5, 5.41) is 4.09. The van der Waals surface area contributed by atoms with Gasteiger partial charge in [-0.25, -0.2) is 9.97 Å². The number of fused-ring (bicyclic) bond motifs is 1. The molecule has 0 bridgehead atoms. The van der Waals surface area contributed by atoms with Crippen LogP contribution in [0.25, 0.3) is 10.9 Å². The Kier molecular flexibility index (Phi) is 8.38. The summed E-state index contributed by atoms with van der Waals surface area (Å²) in [7, 11) is 5.74. The third-order valence-corrected chi connectivity index (χ3v) is 6.08. The number of aryl methyl sites for hydroxylation is 2. The van der Waals surface area contributed by atoms with Gasteiger partial charge in [-0.2, -0.15) is 0 Å². The lowest BCUT2D eigenvalue weighted by molar-refractivity contribution is -0.136. The summed E-state index contributed by atoms with van der Waals surface area (Å²) in [6.45, 7) is 7.07. The highest BCUT2D eigenvalue weighted by atomic mass is 16.5. The first-order valence-corrected chi connectivity index (χ1v) is 12.5. The maximum absolute atomic E-state index is 12.9. The van der Waals surface area contributed by atoms with Crippen molar-refractivity contribution in [2.75, 3.05) is 39.5 Å². The molecule has 0 fully saturated rings. The molecule has 1 amide bonds. The van der Waals surface area contributed by atoms with Gasteiger partial charge in [0.05, 0.1) is 17.1 Å². The van der Waals surface area contributed by atoms with Gasteiger partial charge in [-0.3, -0.25) is 9.78 Å². The van der Waals surface area contributed by atoms with Crippen LogP contribution in [0.2, 0.25) is 0 Å². The Morgan fingerprint density at radius 3 is 2.50 bits per heavy atom. The number of anilines is 2. The van der Waals surface area contributed by atoms with Gasteiger partial charge >= 0.3 is 0 Å². The lowest BCUT2D eigenvalue weighted by Crippen LogP contribution is -2.41. The number of carbonyl (C=O) groups excluding carboxylic acids is 1. The number of aromatic nitrogens is 3. The molecule has 1 atom stereocenters. The molecular formula is C29H34N6O3. The molecule has 2 aromatic carbocycles. The molecule has 0 saturated heterocycles. The van der Waals surface area contributed by atoms with E-state index >= 15 is 0 Å². The van der Waals surface area contributed by atoms with E-state index < -0.39 is 6.10 Å². The van der Waals surface area contributed by atoms with E-state index in [1.165, 1.54) is 6.33 Å². The van der Waals surface area contributed by atoms with Crippen LogP contribution in [0.1, 0.15) is 18.2 Å². The molecule has 9 heteroatoms. The van der Waals surface area contributed by atoms with Crippen molar-refractivity contribution in [1.29, 1.82) is 0 Å². The Morgan fingerprint density at radius 1 is 0.974 bits per heavy atom. The molecule has 4 rings (SSSR count). The van der Waals surface area contributed by atoms with Crippen molar-refractivity contribution in [3.05, 3.63) is 72.3 Å². The Morgan fingerprint density at radius 2 is 1.79 bits per heavy atom. The van der Waals surface area contributed by atoms with Crippen molar-refractivity contribution in [2.45, 2.75) is 26.9 Å². The van der Waals surface area contributed by atoms with Crippen LogP contribution in [-0.4, -0.2) is 71.0 Å². The van der Waals surface area contributed by atoms with Gasteiger partial charge < -0.3 is 24.6 Å². The number of amides is 1. The van der Waals surface area contributed by atoms with Gasteiger partial charge in [-0.1, -0.05) is 6.07 Å². The third kappa shape index (κ3) is 6.54. The van der Waals surface area contributed by atoms with Gasteiger partial charge in [0.1, 0.15) is 29.4 Å². The Hall–Kier alpha value is -4.24. The average molecular weight is 515 g/mol. The quantitative estimate of drug-likeness (QED) is 0.317. The molecule has 0 radical (unpaired) electrons. The van der Waals surface area contributed by atoms with Crippen LogP contribution >= 0.6 is 0 Å². The van der Waals surface area contributed by atoms with Crippen LogP contribution in [0.15, 0.2) is 61.1 Å². The summed E-state index contributed by atoms with van der Waals surface area (Å²) >= 11 is 0. The number of hydrogen-bond acceptors (Lipinski definition) is 8. The second-order valence-corrected chi connectivity index (χ2v) is 9.54. The highest BCUT2D eigenvalue weighted by Gasteiger charge is 2.21. The van der Waals surface area contributed by atoms with Gasteiger partial charge in [0, 0.05) is 31.5 Å². The molecule has 1 N–H and O–H groups in total. The van der Waals surface area contributed by atoms with Crippen LogP contribution < -0.4 is 14.8 Å². The summed E-state index contributed by atoms with van der Waals surface area (Å²) in [6.07, 6.45) is 2.55. The number of hydrogen-bond donors (Lipinski definition) is 1. The lowest BCUT2D eigenvalue weighted by Gasteiger charge is -2.24. The summed E-state index contributed by atoms with van der Waals surface area (Å²) in [5.74, 6) is 2.45. The normalized spacial score (nSPS) is 11.9. The lowest BCUT2D eigenvalue weighted by atomic mass is 10.1. The number of nitrogens with zero attached hydrogens (tertiary/aromatic N) is 5. The smallest absolute Gasteiger partial charge is 0.263 e. The van der Waals surface area contributed by atoms with E-state index in [0.29, 0.717) is 34.8 Å². The van der Waals surface area contributed by atoms with Crippen molar-refractivity contribution in [1.82, 2.24) is 24.8 Å². The summed E-state index contributed by atoms with van der Waals surface area (Å²) in [6, 6.07) is 15.2. The standard InChI is InChI=1S/C29H34N6O3/c1-19-16-22(11-13-25(19)38-23-12-10-20(2)30-17-23)33-28-27-24(31-18-32-28)8-7-9-26(27)37-21(3)29(36)35(6)15-14-34(4)5/h7-13,16-18,21H,14-15H2,1-6H3,(H,31,32,33)/t21-/m1/s1. The van der Waals surface area contributed by atoms with Crippen LogP contribution in [0.4, 0.5) is 11.5 Å². The van der Waals surface area contributed by atoms with Crippen molar-refractivity contribution in [2.24, 2.45) is 0 Å². The molecule has 198 valence electrons. The predicted octanol–water partition coefficient (Wildman–Crippen LogP) is 4.96. The van der Waals surface area contributed by atoms with Crippen LogP contribution in [-0.2, 0) is 4.79 Å². The van der Waals surface area contributed by atoms with Gasteiger partial charge in [-0.05, 0) is 82.9 Å². The molecule has 2 aromatic heterocycles. The zero-order valence-electron chi connectivity index (χ0n) is 22.7. The zero-order valence-corrected chi connectivity index (χ0v) is 22.7. The van der Waals surface area contributed by atoms with E-state index in [-0.39, 0.29) is 5.91 Å². The molecule has 9 nitrogen and oxygen atoms in total. The highest BCUT2D eigenvalue weighted by molar-refractivity contribution is 5.96. The van der Waals surface area contributed by atoms with Gasteiger partial charge in [0.2, 0.25) is 0 Å². The molecule has 0 aliphatic carbocycles. The molecular weight excluding hydrogens is 480 g/mol. The number of rotatable bonds is 10. The van der Waals surface area contributed by atoms with E-state index in [9.17, 15) is 4.79 Å². The van der Waals surface area contributed by atoms with E-state index in [1.807, 2.05) is 81.4 Å². The monoisotopic (exact) mass is 514 g/mol. The number of carbonyl (C=O) groups is 1. The Labute approximate surface area is 223 Å². The third-order valence-electron chi connectivity index (χ3n) is 6.08. The molecule has 2 heterocycles. The largest absolute Gasteiger partial charge is 0.480 e. The first-order valence-electron chi connectivity index (χ1n) is 12.5. The van der Waals surface area contributed by atoms with E-state index in [2.05, 4.69) is 20.3 Å². The van der Waals surface area contributed by atoms with Crippen LogP contribution in [0.3, 0.4) is 0 Å². The number of nitrogens with one attached hydrogen (secondary N) is 1. The predicted molar refractivity (Wildman–Crippen MR) is 149 cm³/mol. The summed E-state index contributed by atoms with van der Waals surface area (Å²) < 4.78 is 12.2.